The quantitative estimate of drug-likeness (QED) is 0.285. The van der Waals surface area contributed by atoms with Gasteiger partial charge in [-0.3, -0.25) is 14.2 Å². The average Bonchev–Trinajstić information content (AvgIpc) is 3.15. The minimum atomic E-state index is -0.0223. The number of carbonyl (C=O) groups is 1. The summed E-state index contributed by atoms with van der Waals surface area (Å²) < 4.78 is 9.09. The number of ether oxygens (including phenoxy) is 1. The highest BCUT2D eigenvalue weighted by molar-refractivity contribution is 7.99. The molecule has 0 bridgehead atoms. The zero-order chi connectivity index (χ0) is 22.2. The Hall–Kier alpha value is -1.90. The molecule has 0 saturated heterocycles. The van der Waals surface area contributed by atoms with Crippen molar-refractivity contribution in [1.82, 2.24) is 14.1 Å². The smallest absolute Gasteiger partial charge is 0.263 e. The minimum Gasteiger partial charge on any atom is -0.383 e. The maximum Gasteiger partial charge on any atom is 0.263 e. The Labute approximate surface area is 185 Å². The Morgan fingerprint density at radius 2 is 2.00 bits per heavy atom. The van der Waals surface area contributed by atoms with Crippen molar-refractivity contribution in [3.63, 3.8) is 0 Å². The van der Waals surface area contributed by atoms with Crippen molar-refractivity contribution in [2.75, 3.05) is 19.5 Å². The molecule has 3 heterocycles. The first-order chi connectivity index (χ1) is 14.2. The van der Waals surface area contributed by atoms with Crippen molar-refractivity contribution >= 4 is 39.1 Å². The van der Waals surface area contributed by atoms with Gasteiger partial charge in [0.25, 0.3) is 5.56 Å². The number of nitrogens with zero attached hydrogens (tertiary/aromatic N) is 3. The molecule has 0 amide bonds. The highest BCUT2D eigenvalue weighted by Crippen LogP contribution is 2.29. The summed E-state index contributed by atoms with van der Waals surface area (Å²) in [6.45, 7) is 13.1. The number of Topliss-reactive ketones (excluding diaryl/α,β-unsaturated/α-hetero) is 1. The Morgan fingerprint density at radius 3 is 2.63 bits per heavy atom. The summed E-state index contributed by atoms with van der Waals surface area (Å²) in [5.41, 5.74) is 3.69. The second-order valence-corrected chi connectivity index (χ2v) is 9.72. The first-order valence-corrected chi connectivity index (χ1v) is 11.8. The molecule has 30 heavy (non-hydrogen) atoms. The van der Waals surface area contributed by atoms with Crippen LogP contribution in [0, 0.1) is 27.7 Å². The summed E-state index contributed by atoms with van der Waals surface area (Å²) in [7, 11) is 1.68. The molecule has 0 aliphatic rings. The van der Waals surface area contributed by atoms with Crippen molar-refractivity contribution < 1.29 is 9.53 Å². The topological polar surface area (TPSA) is 66.1 Å². The van der Waals surface area contributed by atoms with Gasteiger partial charge in [-0.25, -0.2) is 4.98 Å². The predicted molar refractivity (Wildman–Crippen MR) is 125 cm³/mol. The van der Waals surface area contributed by atoms with E-state index in [2.05, 4.69) is 11.5 Å². The highest BCUT2D eigenvalue weighted by Gasteiger charge is 2.21. The maximum absolute atomic E-state index is 13.0. The molecule has 0 radical (unpaired) electrons. The summed E-state index contributed by atoms with van der Waals surface area (Å²) in [5, 5.41) is 1.30. The van der Waals surface area contributed by atoms with Crippen molar-refractivity contribution in [1.29, 1.82) is 0 Å². The number of thioether (sulfide) groups is 1. The molecule has 3 rings (SSSR count). The van der Waals surface area contributed by atoms with Crippen molar-refractivity contribution in [2.45, 2.75) is 59.3 Å². The van der Waals surface area contributed by atoms with Gasteiger partial charge in [-0.2, -0.15) is 0 Å². The Balaban J connectivity index is 1.89. The fourth-order valence-electron chi connectivity index (χ4n) is 3.96. The number of carbonyl (C=O) groups excluding carboxylic acids is 1. The van der Waals surface area contributed by atoms with E-state index in [1.165, 1.54) is 23.1 Å². The van der Waals surface area contributed by atoms with Gasteiger partial charge in [0.1, 0.15) is 4.83 Å². The van der Waals surface area contributed by atoms with E-state index < -0.39 is 0 Å². The van der Waals surface area contributed by atoms with E-state index in [4.69, 9.17) is 9.72 Å². The molecule has 1 atom stereocenters. The predicted octanol–water partition coefficient (Wildman–Crippen LogP) is 4.70. The number of aryl methyl sites for hydroxylation is 3. The lowest BCUT2D eigenvalue weighted by Gasteiger charge is -2.17. The van der Waals surface area contributed by atoms with Gasteiger partial charge in [0, 0.05) is 35.5 Å². The summed E-state index contributed by atoms with van der Waals surface area (Å²) >= 11 is 2.87. The number of methoxy groups -OCH3 is 1. The monoisotopic (exact) mass is 447 g/mol. The SMILES string of the molecule is CCn1c(SCC(=O)c2cc(C)n([C@H](C)COC)c2C)nc2sc(C)c(C)c2c1=O. The number of hydrogen-bond acceptors (Lipinski definition) is 6. The van der Waals surface area contributed by atoms with Crippen LogP contribution in [0.2, 0.25) is 0 Å². The molecule has 0 aliphatic carbocycles. The average molecular weight is 448 g/mol. The van der Waals surface area contributed by atoms with Gasteiger partial charge < -0.3 is 9.30 Å². The Bertz CT molecular complexity index is 1160. The van der Waals surface area contributed by atoms with Gasteiger partial charge in [0.15, 0.2) is 10.9 Å². The Kier molecular flexibility index (Phi) is 6.89. The lowest BCUT2D eigenvalue weighted by molar-refractivity contribution is 0.102. The molecule has 0 unspecified atom stereocenters. The summed E-state index contributed by atoms with van der Waals surface area (Å²) in [6.07, 6.45) is 0. The van der Waals surface area contributed by atoms with Crippen LogP contribution in [-0.2, 0) is 11.3 Å². The van der Waals surface area contributed by atoms with Crippen LogP contribution < -0.4 is 5.56 Å². The third kappa shape index (κ3) is 4.00. The van der Waals surface area contributed by atoms with Gasteiger partial charge in [0.2, 0.25) is 0 Å². The van der Waals surface area contributed by atoms with E-state index in [0.717, 1.165) is 32.2 Å². The van der Waals surface area contributed by atoms with Crippen LogP contribution in [0.15, 0.2) is 16.0 Å². The third-order valence-corrected chi connectivity index (χ3v) is 7.61. The maximum atomic E-state index is 13.0. The molecule has 3 aromatic rings. The van der Waals surface area contributed by atoms with E-state index in [-0.39, 0.29) is 23.1 Å². The van der Waals surface area contributed by atoms with Gasteiger partial charge in [0.05, 0.1) is 23.8 Å². The second kappa shape index (κ2) is 9.08. The van der Waals surface area contributed by atoms with Gasteiger partial charge in [-0.1, -0.05) is 11.8 Å². The molecular formula is C22H29N3O3S2. The number of aromatic nitrogens is 3. The van der Waals surface area contributed by atoms with Crippen molar-refractivity contribution in [3.05, 3.63) is 43.8 Å². The number of rotatable bonds is 8. The first-order valence-electron chi connectivity index (χ1n) is 10.0. The number of ketones is 1. The van der Waals surface area contributed by atoms with E-state index in [0.29, 0.717) is 23.7 Å². The Morgan fingerprint density at radius 1 is 1.30 bits per heavy atom. The fraction of sp³-hybridized carbons (Fsp3) is 0.500. The summed E-state index contributed by atoms with van der Waals surface area (Å²) in [5.74, 6) is 0.282. The minimum absolute atomic E-state index is 0.0223. The molecule has 0 spiro atoms. The van der Waals surface area contributed by atoms with E-state index in [9.17, 15) is 9.59 Å². The van der Waals surface area contributed by atoms with Crippen LogP contribution in [0.4, 0.5) is 0 Å². The molecule has 0 aromatic carbocycles. The molecule has 6 nitrogen and oxygen atoms in total. The molecule has 0 fully saturated rings. The molecule has 3 aromatic heterocycles. The fourth-order valence-corrected chi connectivity index (χ4v) is 5.98. The summed E-state index contributed by atoms with van der Waals surface area (Å²) in [4.78, 5) is 32.6. The molecule has 0 aliphatic heterocycles. The number of fused-ring (bicyclic) bond motifs is 1. The van der Waals surface area contributed by atoms with Crippen LogP contribution in [0.25, 0.3) is 10.2 Å². The molecular weight excluding hydrogens is 418 g/mol. The van der Waals surface area contributed by atoms with E-state index in [1.807, 2.05) is 40.7 Å². The van der Waals surface area contributed by atoms with Crippen molar-refractivity contribution in [3.8, 4) is 0 Å². The zero-order valence-electron chi connectivity index (χ0n) is 18.7. The van der Waals surface area contributed by atoms with Crippen LogP contribution in [0.1, 0.15) is 52.1 Å². The van der Waals surface area contributed by atoms with Crippen molar-refractivity contribution in [2.24, 2.45) is 0 Å². The molecule has 8 heteroatoms. The van der Waals surface area contributed by atoms with Gasteiger partial charge in [-0.05, 0) is 53.2 Å². The first kappa shape index (κ1) is 22.8. The van der Waals surface area contributed by atoms with E-state index >= 15 is 0 Å². The normalized spacial score (nSPS) is 12.6. The largest absolute Gasteiger partial charge is 0.383 e. The molecule has 0 N–H and O–H groups in total. The third-order valence-electron chi connectivity index (χ3n) is 5.54. The van der Waals surface area contributed by atoms with Crippen LogP contribution in [0.5, 0.6) is 0 Å². The van der Waals surface area contributed by atoms with E-state index in [1.54, 1.807) is 11.7 Å². The lowest BCUT2D eigenvalue weighted by Crippen LogP contribution is -2.22. The van der Waals surface area contributed by atoms with Gasteiger partial charge >= 0.3 is 0 Å². The molecule has 162 valence electrons. The highest BCUT2D eigenvalue weighted by atomic mass is 32.2. The van der Waals surface area contributed by atoms with Gasteiger partial charge in [-0.15, -0.1) is 11.3 Å². The summed E-state index contributed by atoms with van der Waals surface area (Å²) in [6, 6.07) is 2.10. The second-order valence-electron chi connectivity index (χ2n) is 7.58. The number of thiophene rings is 1. The van der Waals surface area contributed by atoms with Crippen LogP contribution in [0.3, 0.4) is 0 Å². The zero-order valence-corrected chi connectivity index (χ0v) is 20.3. The lowest BCUT2D eigenvalue weighted by atomic mass is 10.2. The molecule has 0 saturated carbocycles. The van der Waals surface area contributed by atoms with Crippen LogP contribution in [-0.4, -0.2) is 39.4 Å². The number of hydrogen-bond donors (Lipinski definition) is 0. The van der Waals surface area contributed by atoms with Crippen LogP contribution >= 0.6 is 23.1 Å². The standard InChI is InChI=1S/C22H29N3O3S2/c1-8-24-21(27)19-14(4)16(6)30-20(19)23-22(24)29-11-18(26)17-9-12(2)25(15(17)5)13(3)10-28-7/h9,13H,8,10-11H2,1-7H3/t13-/m1/s1.